The molecule has 7 nitrogen and oxygen atoms in total. The summed E-state index contributed by atoms with van der Waals surface area (Å²) in [5.41, 5.74) is -0.529. The largest absolute Gasteiger partial charge is 0.379 e. The van der Waals surface area contributed by atoms with Crippen molar-refractivity contribution in [2.24, 2.45) is 5.41 Å². The Morgan fingerprint density at radius 1 is 1.23 bits per heavy atom. The number of ether oxygens (including phenoxy) is 1. The Morgan fingerprint density at radius 3 is 2.73 bits per heavy atom. The summed E-state index contributed by atoms with van der Waals surface area (Å²) < 4.78 is 31.8. The highest BCUT2D eigenvalue weighted by molar-refractivity contribution is 7.89. The number of amides is 1. The average Bonchev–Trinajstić information content (AvgIpc) is 2.65. The van der Waals surface area contributed by atoms with Gasteiger partial charge in [0.1, 0.15) is 0 Å². The smallest absolute Gasteiger partial charge is 0.227 e. The first-order chi connectivity index (χ1) is 12.5. The molecule has 1 saturated carbocycles. The summed E-state index contributed by atoms with van der Waals surface area (Å²) in [4.78, 5) is 15.5. The molecule has 1 amide bonds. The van der Waals surface area contributed by atoms with E-state index in [1.54, 1.807) is 4.31 Å². The molecule has 0 aromatic heterocycles. The lowest BCUT2D eigenvalue weighted by atomic mass is 9.67. The molecule has 2 atom stereocenters. The van der Waals surface area contributed by atoms with E-state index in [9.17, 15) is 13.2 Å². The van der Waals surface area contributed by atoms with Crippen LogP contribution in [0.3, 0.4) is 0 Å². The van der Waals surface area contributed by atoms with Gasteiger partial charge in [0.25, 0.3) is 0 Å². The van der Waals surface area contributed by atoms with E-state index in [1.807, 2.05) is 6.92 Å². The van der Waals surface area contributed by atoms with Gasteiger partial charge in [-0.3, -0.25) is 9.69 Å². The molecule has 0 spiro atoms. The van der Waals surface area contributed by atoms with Crippen LogP contribution in [-0.2, 0) is 19.6 Å². The molecule has 26 heavy (non-hydrogen) atoms. The molecule has 1 aliphatic carbocycles. The SMILES string of the molecule is CCN1[C@@H]2CCCC[C@@]2(C(=O)NCCCN2CCOCC2)CCS1(=O)=O. The van der Waals surface area contributed by atoms with Crippen molar-refractivity contribution < 1.29 is 17.9 Å². The predicted molar refractivity (Wildman–Crippen MR) is 100 cm³/mol. The highest BCUT2D eigenvalue weighted by atomic mass is 32.2. The van der Waals surface area contributed by atoms with Crippen LogP contribution >= 0.6 is 0 Å². The van der Waals surface area contributed by atoms with Crippen molar-refractivity contribution in [3.63, 3.8) is 0 Å². The quantitative estimate of drug-likeness (QED) is 0.683. The van der Waals surface area contributed by atoms with Crippen LogP contribution in [0.2, 0.25) is 0 Å². The van der Waals surface area contributed by atoms with Gasteiger partial charge in [-0.05, 0) is 32.2 Å². The molecule has 0 radical (unpaired) electrons. The molecular formula is C18H33N3O4S. The fourth-order valence-electron chi connectivity index (χ4n) is 4.86. The maximum atomic E-state index is 13.1. The van der Waals surface area contributed by atoms with Gasteiger partial charge in [-0.2, -0.15) is 4.31 Å². The highest BCUT2D eigenvalue weighted by Crippen LogP contribution is 2.46. The Kier molecular flexibility index (Phi) is 6.59. The summed E-state index contributed by atoms with van der Waals surface area (Å²) in [7, 11) is -3.22. The second-order valence-electron chi connectivity index (χ2n) is 7.75. The van der Waals surface area contributed by atoms with Crippen LogP contribution in [0, 0.1) is 5.41 Å². The summed E-state index contributed by atoms with van der Waals surface area (Å²) in [6.07, 6.45) is 5.00. The lowest BCUT2D eigenvalue weighted by molar-refractivity contribution is -0.137. The van der Waals surface area contributed by atoms with E-state index in [4.69, 9.17) is 4.74 Å². The first-order valence-corrected chi connectivity index (χ1v) is 11.7. The normalized spacial score (nSPS) is 32.7. The van der Waals surface area contributed by atoms with Crippen molar-refractivity contribution in [3.05, 3.63) is 0 Å². The second-order valence-corrected chi connectivity index (χ2v) is 9.79. The topological polar surface area (TPSA) is 79.0 Å². The van der Waals surface area contributed by atoms with Crippen LogP contribution in [0.25, 0.3) is 0 Å². The number of carbonyl (C=O) groups is 1. The van der Waals surface area contributed by atoms with Crippen LogP contribution in [0.5, 0.6) is 0 Å². The number of hydrogen-bond donors (Lipinski definition) is 1. The lowest BCUT2D eigenvalue weighted by Gasteiger charge is -2.50. The minimum absolute atomic E-state index is 0.0672. The molecule has 0 aromatic carbocycles. The van der Waals surface area contributed by atoms with Gasteiger partial charge in [0, 0.05) is 32.2 Å². The van der Waals surface area contributed by atoms with Crippen LogP contribution in [0.1, 0.15) is 45.4 Å². The minimum Gasteiger partial charge on any atom is -0.379 e. The molecule has 3 aliphatic rings. The first-order valence-electron chi connectivity index (χ1n) is 10.1. The van der Waals surface area contributed by atoms with Crippen LogP contribution < -0.4 is 5.32 Å². The molecule has 2 heterocycles. The molecule has 0 bridgehead atoms. The zero-order chi connectivity index (χ0) is 18.6. The van der Waals surface area contributed by atoms with Gasteiger partial charge in [0.05, 0.1) is 24.4 Å². The van der Waals surface area contributed by atoms with Gasteiger partial charge < -0.3 is 10.1 Å². The van der Waals surface area contributed by atoms with Gasteiger partial charge >= 0.3 is 0 Å². The van der Waals surface area contributed by atoms with E-state index < -0.39 is 15.4 Å². The van der Waals surface area contributed by atoms with Crippen LogP contribution in [0.15, 0.2) is 0 Å². The lowest BCUT2D eigenvalue weighted by Crippen LogP contribution is -2.62. The number of carbonyl (C=O) groups excluding carboxylic acids is 1. The van der Waals surface area contributed by atoms with Gasteiger partial charge in [-0.25, -0.2) is 8.42 Å². The second kappa shape index (κ2) is 8.54. The standard InChI is InChI=1S/C18H33N3O4S/c1-2-21-16-6-3-4-7-18(16,8-15-26(21,23)24)17(22)19-9-5-10-20-11-13-25-14-12-20/h16H,2-15H2,1H3,(H,19,22)/t16-,18-/m1/s1. The Morgan fingerprint density at radius 2 is 2.00 bits per heavy atom. The predicted octanol–water partition coefficient (Wildman–Crippen LogP) is 0.809. The zero-order valence-corrected chi connectivity index (χ0v) is 16.7. The van der Waals surface area contributed by atoms with Crippen molar-refractivity contribution >= 4 is 15.9 Å². The number of hydrogen-bond acceptors (Lipinski definition) is 5. The van der Waals surface area contributed by atoms with E-state index in [0.717, 1.165) is 65.0 Å². The maximum Gasteiger partial charge on any atom is 0.227 e. The monoisotopic (exact) mass is 387 g/mol. The number of sulfonamides is 1. The molecule has 3 fully saturated rings. The van der Waals surface area contributed by atoms with Gasteiger partial charge in [0.15, 0.2) is 0 Å². The van der Waals surface area contributed by atoms with Crippen molar-refractivity contribution in [1.29, 1.82) is 0 Å². The summed E-state index contributed by atoms with van der Waals surface area (Å²) >= 11 is 0. The Balaban J connectivity index is 1.58. The fourth-order valence-corrected chi connectivity index (χ4v) is 6.80. The molecule has 0 aromatic rings. The van der Waals surface area contributed by atoms with E-state index >= 15 is 0 Å². The van der Waals surface area contributed by atoms with Crippen molar-refractivity contribution in [3.8, 4) is 0 Å². The van der Waals surface area contributed by atoms with Crippen LogP contribution in [-0.4, -0.2) is 81.3 Å². The van der Waals surface area contributed by atoms with Crippen molar-refractivity contribution in [1.82, 2.24) is 14.5 Å². The third kappa shape index (κ3) is 4.08. The van der Waals surface area contributed by atoms with Gasteiger partial charge in [-0.1, -0.05) is 19.8 Å². The highest BCUT2D eigenvalue weighted by Gasteiger charge is 2.54. The Hall–Kier alpha value is -0.700. The number of morpholine rings is 1. The Bertz CT molecular complexity index is 591. The van der Waals surface area contributed by atoms with E-state index in [-0.39, 0.29) is 17.7 Å². The van der Waals surface area contributed by atoms with E-state index in [1.165, 1.54) is 0 Å². The molecule has 0 unspecified atom stereocenters. The molecule has 1 N–H and O–H groups in total. The third-order valence-electron chi connectivity index (χ3n) is 6.30. The summed E-state index contributed by atoms with van der Waals surface area (Å²) in [5.74, 6) is 0.163. The van der Waals surface area contributed by atoms with E-state index in [0.29, 0.717) is 19.5 Å². The molecule has 150 valence electrons. The average molecular weight is 388 g/mol. The van der Waals surface area contributed by atoms with Gasteiger partial charge in [-0.15, -0.1) is 0 Å². The number of rotatable bonds is 6. The molecule has 2 aliphatic heterocycles. The molecular weight excluding hydrogens is 354 g/mol. The summed E-state index contributed by atoms with van der Waals surface area (Å²) in [6.45, 7) is 7.46. The Labute approximate surface area is 157 Å². The van der Waals surface area contributed by atoms with Crippen molar-refractivity contribution in [2.75, 3.05) is 51.7 Å². The number of nitrogens with one attached hydrogen (secondary N) is 1. The zero-order valence-electron chi connectivity index (χ0n) is 15.9. The van der Waals surface area contributed by atoms with E-state index in [2.05, 4.69) is 10.2 Å². The fraction of sp³-hybridized carbons (Fsp3) is 0.944. The number of fused-ring (bicyclic) bond motifs is 1. The molecule has 3 rings (SSSR count). The molecule has 2 saturated heterocycles. The van der Waals surface area contributed by atoms with Gasteiger partial charge in [0.2, 0.25) is 15.9 Å². The summed E-state index contributed by atoms with van der Waals surface area (Å²) in [5, 5.41) is 3.14. The first kappa shape index (κ1) is 20.0. The molecule has 8 heteroatoms. The third-order valence-corrected chi connectivity index (χ3v) is 8.25. The van der Waals surface area contributed by atoms with Crippen LogP contribution in [0.4, 0.5) is 0 Å². The minimum atomic E-state index is -3.22. The van der Waals surface area contributed by atoms with Crippen molar-refractivity contribution in [2.45, 2.75) is 51.5 Å². The number of nitrogens with zero attached hydrogens (tertiary/aromatic N) is 2. The maximum absolute atomic E-state index is 13.1. The summed E-state index contributed by atoms with van der Waals surface area (Å²) in [6, 6.07) is -0.167.